The molecule has 1 N–H and O–H groups in total. The van der Waals surface area contributed by atoms with Gasteiger partial charge in [0.25, 0.3) is 5.91 Å². The smallest absolute Gasteiger partial charge is 0.255 e. The van der Waals surface area contributed by atoms with Crippen molar-refractivity contribution in [3.8, 4) is 17.2 Å². The second-order valence-electron chi connectivity index (χ2n) is 7.92. The van der Waals surface area contributed by atoms with Crippen molar-refractivity contribution in [2.75, 3.05) is 38.2 Å². The number of carbonyl (C=O) groups is 1. The van der Waals surface area contributed by atoms with Gasteiger partial charge in [0.1, 0.15) is 11.5 Å². The number of benzene rings is 3. The first-order valence-corrected chi connectivity index (χ1v) is 12.9. The summed E-state index contributed by atoms with van der Waals surface area (Å²) in [4.78, 5) is 13.1. The molecule has 184 valence electrons. The van der Waals surface area contributed by atoms with Crippen molar-refractivity contribution < 1.29 is 27.4 Å². The van der Waals surface area contributed by atoms with Crippen LogP contribution in [0.5, 0.6) is 17.2 Å². The Morgan fingerprint density at radius 2 is 1.69 bits per heavy atom. The van der Waals surface area contributed by atoms with Crippen molar-refractivity contribution in [3.63, 3.8) is 0 Å². The van der Waals surface area contributed by atoms with Gasteiger partial charge in [0.15, 0.2) is 5.75 Å². The molecular weight excluding hydrogens is 468 g/mol. The van der Waals surface area contributed by atoms with Gasteiger partial charge in [0, 0.05) is 18.7 Å². The summed E-state index contributed by atoms with van der Waals surface area (Å²) < 4.78 is 44.6. The van der Waals surface area contributed by atoms with Gasteiger partial charge in [0.05, 0.1) is 30.4 Å². The van der Waals surface area contributed by atoms with Gasteiger partial charge in [-0.2, -0.15) is 4.31 Å². The zero-order valence-electron chi connectivity index (χ0n) is 19.5. The van der Waals surface area contributed by atoms with E-state index in [-0.39, 0.29) is 23.7 Å². The highest BCUT2D eigenvalue weighted by molar-refractivity contribution is 7.89. The first kappa shape index (κ1) is 24.7. The van der Waals surface area contributed by atoms with Crippen LogP contribution in [-0.2, 0) is 14.8 Å². The van der Waals surface area contributed by atoms with E-state index < -0.39 is 15.9 Å². The number of morpholine rings is 1. The van der Waals surface area contributed by atoms with Crippen LogP contribution < -0.4 is 14.8 Å². The zero-order valence-corrected chi connectivity index (χ0v) is 20.3. The number of ether oxygens (including phenoxy) is 3. The Morgan fingerprint density at radius 1 is 0.971 bits per heavy atom. The predicted molar refractivity (Wildman–Crippen MR) is 133 cm³/mol. The van der Waals surface area contributed by atoms with Crippen molar-refractivity contribution >= 4 is 21.6 Å². The number of nitrogens with one attached hydrogen (secondary N) is 1. The molecule has 1 amide bonds. The van der Waals surface area contributed by atoms with Crippen molar-refractivity contribution in [1.82, 2.24) is 4.31 Å². The van der Waals surface area contributed by atoms with Crippen LogP contribution >= 0.6 is 0 Å². The van der Waals surface area contributed by atoms with Gasteiger partial charge in [0.2, 0.25) is 10.0 Å². The first-order chi connectivity index (χ1) is 17.0. The third kappa shape index (κ3) is 6.19. The largest absolute Gasteiger partial charge is 0.494 e. The summed E-state index contributed by atoms with van der Waals surface area (Å²) in [6.07, 6.45) is 0.885. The average Bonchev–Trinajstić information content (AvgIpc) is 2.89. The number of rotatable bonds is 9. The van der Waals surface area contributed by atoms with Crippen LogP contribution in [0, 0.1) is 0 Å². The van der Waals surface area contributed by atoms with Gasteiger partial charge >= 0.3 is 0 Å². The molecule has 35 heavy (non-hydrogen) atoms. The van der Waals surface area contributed by atoms with E-state index in [4.69, 9.17) is 14.2 Å². The molecule has 0 saturated carbocycles. The Bertz CT molecular complexity index is 1240. The molecule has 0 atom stereocenters. The minimum absolute atomic E-state index is 0.0680. The van der Waals surface area contributed by atoms with Crippen molar-refractivity contribution in [2.24, 2.45) is 0 Å². The number of hydrogen-bond donors (Lipinski definition) is 1. The Hall–Kier alpha value is -3.40. The van der Waals surface area contributed by atoms with Gasteiger partial charge in [-0.05, 0) is 61.0 Å². The van der Waals surface area contributed by atoms with Gasteiger partial charge in [-0.3, -0.25) is 4.79 Å². The van der Waals surface area contributed by atoms with Gasteiger partial charge in [-0.25, -0.2) is 8.42 Å². The molecule has 0 bridgehead atoms. The summed E-state index contributed by atoms with van der Waals surface area (Å²) in [5.41, 5.74) is 0.653. The molecule has 0 aromatic heterocycles. The molecule has 1 aliphatic rings. The predicted octanol–water partition coefficient (Wildman–Crippen LogP) is 4.54. The van der Waals surface area contributed by atoms with Gasteiger partial charge in [-0.15, -0.1) is 0 Å². The van der Waals surface area contributed by atoms with E-state index in [2.05, 4.69) is 5.32 Å². The van der Waals surface area contributed by atoms with E-state index in [1.807, 2.05) is 25.1 Å². The molecule has 0 radical (unpaired) electrons. The molecule has 1 aliphatic heterocycles. The SMILES string of the molecule is CCCOc1ccc(C(=O)Nc2cc(S(=O)(=O)N3CCOCC3)ccc2Oc2ccccc2)cc1. The number of amides is 1. The molecule has 3 aromatic rings. The van der Waals surface area contributed by atoms with Crippen molar-refractivity contribution in [3.05, 3.63) is 78.4 Å². The van der Waals surface area contributed by atoms with E-state index in [1.165, 1.54) is 16.4 Å². The lowest BCUT2D eigenvalue weighted by Gasteiger charge is -2.26. The van der Waals surface area contributed by atoms with Gasteiger partial charge < -0.3 is 19.5 Å². The number of hydrogen-bond acceptors (Lipinski definition) is 6. The maximum absolute atomic E-state index is 13.2. The molecule has 4 rings (SSSR count). The molecule has 1 heterocycles. The fraction of sp³-hybridized carbons (Fsp3) is 0.269. The number of anilines is 1. The summed E-state index contributed by atoms with van der Waals surface area (Å²) in [5, 5.41) is 2.81. The van der Waals surface area contributed by atoms with E-state index in [0.717, 1.165) is 6.42 Å². The maximum atomic E-state index is 13.2. The lowest BCUT2D eigenvalue weighted by atomic mass is 10.2. The van der Waals surface area contributed by atoms with E-state index in [9.17, 15) is 13.2 Å². The molecule has 1 fully saturated rings. The van der Waals surface area contributed by atoms with Crippen molar-refractivity contribution in [2.45, 2.75) is 18.2 Å². The molecule has 8 nitrogen and oxygen atoms in total. The van der Waals surface area contributed by atoms with Crippen LogP contribution in [0.2, 0.25) is 0 Å². The van der Waals surface area contributed by atoms with Crippen LogP contribution in [0.3, 0.4) is 0 Å². The standard InChI is InChI=1S/C26H28N2O6S/c1-2-16-33-21-10-8-20(9-11-21)26(29)27-24-19-23(35(30,31)28-14-17-32-18-15-28)12-13-25(24)34-22-6-4-3-5-7-22/h3-13,19H,2,14-18H2,1H3,(H,27,29). The lowest BCUT2D eigenvalue weighted by molar-refractivity contribution is 0.0730. The molecule has 0 aliphatic carbocycles. The average molecular weight is 497 g/mol. The summed E-state index contributed by atoms with van der Waals surface area (Å²) in [7, 11) is -3.76. The quantitative estimate of drug-likeness (QED) is 0.467. The highest BCUT2D eigenvalue weighted by Crippen LogP contribution is 2.33. The minimum Gasteiger partial charge on any atom is -0.494 e. The Kier molecular flexibility index (Phi) is 8.02. The highest BCUT2D eigenvalue weighted by Gasteiger charge is 2.27. The summed E-state index contributed by atoms with van der Waals surface area (Å²) in [6.45, 7) is 3.85. The zero-order chi connectivity index (χ0) is 24.7. The molecule has 0 spiro atoms. The summed E-state index contributed by atoms with van der Waals surface area (Å²) in [6, 6.07) is 20.3. The van der Waals surface area contributed by atoms with E-state index in [1.54, 1.807) is 42.5 Å². The van der Waals surface area contributed by atoms with E-state index >= 15 is 0 Å². The summed E-state index contributed by atoms with van der Waals surface area (Å²) >= 11 is 0. The lowest BCUT2D eigenvalue weighted by Crippen LogP contribution is -2.40. The fourth-order valence-electron chi connectivity index (χ4n) is 3.52. The summed E-state index contributed by atoms with van der Waals surface area (Å²) in [5.74, 6) is 1.17. The van der Waals surface area contributed by atoms with Crippen LogP contribution in [-0.4, -0.2) is 51.5 Å². The second kappa shape index (κ2) is 11.4. The maximum Gasteiger partial charge on any atom is 0.255 e. The van der Waals surface area contributed by atoms with Crippen LogP contribution in [0.4, 0.5) is 5.69 Å². The van der Waals surface area contributed by atoms with E-state index in [0.29, 0.717) is 42.6 Å². The minimum atomic E-state index is -3.76. The normalized spacial score (nSPS) is 14.3. The Labute approximate surface area is 205 Å². The monoisotopic (exact) mass is 496 g/mol. The first-order valence-electron chi connectivity index (χ1n) is 11.5. The molecule has 3 aromatic carbocycles. The number of sulfonamides is 1. The molecule has 9 heteroatoms. The Morgan fingerprint density at radius 3 is 2.37 bits per heavy atom. The third-order valence-corrected chi connectivity index (χ3v) is 7.26. The van der Waals surface area contributed by atoms with Crippen LogP contribution in [0.25, 0.3) is 0 Å². The van der Waals surface area contributed by atoms with Crippen LogP contribution in [0.1, 0.15) is 23.7 Å². The third-order valence-electron chi connectivity index (χ3n) is 5.37. The number of nitrogens with zero attached hydrogens (tertiary/aromatic N) is 1. The van der Waals surface area contributed by atoms with Gasteiger partial charge in [-0.1, -0.05) is 25.1 Å². The number of para-hydroxylation sites is 1. The molecule has 0 unspecified atom stereocenters. The van der Waals surface area contributed by atoms with Crippen molar-refractivity contribution in [1.29, 1.82) is 0 Å². The molecular formula is C26H28N2O6S. The highest BCUT2D eigenvalue weighted by atomic mass is 32.2. The topological polar surface area (TPSA) is 94.2 Å². The fourth-order valence-corrected chi connectivity index (χ4v) is 4.96. The molecule has 1 saturated heterocycles. The number of carbonyl (C=O) groups excluding carboxylic acids is 1. The second-order valence-corrected chi connectivity index (χ2v) is 9.85. The Balaban J connectivity index is 1.62. The van der Waals surface area contributed by atoms with Crippen LogP contribution in [0.15, 0.2) is 77.7 Å².